The summed E-state index contributed by atoms with van der Waals surface area (Å²) in [6.07, 6.45) is -5.96. The molecule has 0 unspecified atom stereocenters. The molecule has 1 fully saturated rings. The van der Waals surface area contributed by atoms with Gasteiger partial charge in [0.05, 0.1) is 0 Å². The SMILES string of the molecule is CC(=O)OC[C@H]1O[C@@H](c2nn[nH]n2)[C@@H](OC(C)=O)[C@@H](OC(C)=O)[C@@H]1OC(C)=O. The van der Waals surface area contributed by atoms with Gasteiger partial charge in [-0.1, -0.05) is 5.21 Å². The summed E-state index contributed by atoms with van der Waals surface area (Å²) < 4.78 is 26.6. The van der Waals surface area contributed by atoms with Crippen LogP contribution in [0.25, 0.3) is 0 Å². The van der Waals surface area contributed by atoms with Crippen LogP contribution in [0.2, 0.25) is 0 Å². The van der Waals surface area contributed by atoms with E-state index in [1.807, 2.05) is 0 Å². The Kier molecular flexibility index (Phi) is 6.98. The van der Waals surface area contributed by atoms with Crippen LogP contribution in [0.1, 0.15) is 39.6 Å². The van der Waals surface area contributed by atoms with E-state index in [2.05, 4.69) is 20.6 Å². The number of carbonyl (C=O) groups excluding carboxylic acids is 4. The summed E-state index contributed by atoms with van der Waals surface area (Å²) in [5.41, 5.74) is 0. The van der Waals surface area contributed by atoms with Crippen LogP contribution in [0.4, 0.5) is 0 Å². The molecule has 0 aliphatic carbocycles. The van der Waals surface area contributed by atoms with E-state index in [4.69, 9.17) is 23.7 Å². The maximum Gasteiger partial charge on any atom is 0.303 e. The molecule has 28 heavy (non-hydrogen) atoms. The lowest BCUT2D eigenvalue weighted by molar-refractivity contribution is -0.255. The van der Waals surface area contributed by atoms with Gasteiger partial charge in [-0.3, -0.25) is 19.2 Å². The number of ether oxygens (including phenoxy) is 5. The van der Waals surface area contributed by atoms with E-state index in [-0.39, 0.29) is 12.4 Å². The Morgan fingerprint density at radius 3 is 1.96 bits per heavy atom. The van der Waals surface area contributed by atoms with Crippen molar-refractivity contribution in [3.8, 4) is 0 Å². The van der Waals surface area contributed by atoms with E-state index in [0.29, 0.717) is 0 Å². The predicted octanol–water partition coefficient (Wildman–Crippen LogP) is -1.00. The molecule has 0 radical (unpaired) electrons. The lowest BCUT2D eigenvalue weighted by Gasteiger charge is -2.43. The highest BCUT2D eigenvalue weighted by atomic mass is 16.7. The summed E-state index contributed by atoms with van der Waals surface area (Å²) in [6, 6.07) is 0. The van der Waals surface area contributed by atoms with Crippen molar-refractivity contribution in [1.82, 2.24) is 20.6 Å². The zero-order valence-electron chi connectivity index (χ0n) is 15.6. The van der Waals surface area contributed by atoms with Gasteiger partial charge >= 0.3 is 23.9 Å². The summed E-state index contributed by atoms with van der Waals surface area (Å²) >= 11 is 0. The number of H-pyrrole nitrogens is 1. The number of aromatic amines is 1. The quantitative estimate of drug-likeness (QED) is 0.457. The van der Waals surface area contributed by atoms with Crippen LogP contribution in [-0.2, 0) is 42.9 Å². The number of rotatable bonds is 6. The second-order valence-electron chi connectivity index (χ2n) is 5.89. The van der Waals surface area contributed by atoms with Gasteiger partial charge in [-0.05, 0) is 0 Å². The minimum Gasteiger partial charge on any atom is -0.463 e. The van der Waals surface area contributed by atoms with Gasteiger partial charge in [0.15, 0.2) is 24.4 Å². The molecule has 0 bridgehead atoms. The first-order chi connectivity index (χ1) is 13.2. The van der Waals surface area contributed by atoms with Crippen LogP contribution < -0.4 is 0 Å². The van der Waals surface area contributed by atoms with Gasteiger partial charge in [0.2, 0.25) is 5.82 Å². The van der Waals surface area contributed by atoms with Crippen molar-refractivity contribution in [3.05, 3.63) is 5.82 Å². The molecule has 0 spiro atoms. The Labute approximate surface area is 159 Å². The number of nitrogens with zero attached hydrogens (tertiary/aromatic N) is 3. The predicted molar refractivity (Wildman–Crippen MR) is 85.1 cm³/mol. The third-order valence-corrected chi connectivity index (χ3v) is 3.61. The van der Waals surface area contributed by atoms with Crippen molar-refractivity contribution >= 4 is 23.9 Å². The van der Waals surface area contributed by atoms with Gasteiger partial charge in [0.1, 0.15) is 12.7 Å². The zero-order valence-corrected chi connectivity index (χ0v) is 15.6. The molecule has 1 aromatic rings. The van der Waals surface area contributed by atoms with Crippen molar-refractivity contribution in [3.63, 3.8) is 0 Å². The van der Waals surface area contributed by atoms with Crippen LogP contribution in [0.3, 0.4) is 0 Å². The summed E-state index contributed by atoms with van der Waals surface area (Å²) in [4.78, 5) is 46.1. The highest BCUT2D eigenvalue weighted by Crippen LogP contribution is 2.36. The Morgan fingerprint density at radius 2 is 1.46 bits per heavy atom. The highest BCUT2D eigenvalue weighted by Gasteiger charge is 2.53. The van der Waals surface area contributed by atoms with Crippen LogP contribution >= 0.6 is 0 Å². The second-order valence-corrected chi connectivity index (χ2v) is 5.89. The van der Waals surface area contributed by atoms with E-state index in [0.717, 1.165) is 20.8 Å². The number of esters is 4. The monoisotopic (exact) mass is 400 g/mol. The lowest BCUT2D eigenvalue weighted by Crippen LogP contribution is -2.59. The van der Waals surface area contributed by atoms with Crippen LogP contribution in [0.5, 0.6) is 0 Å². The van der Waals surface area contributed by atoms with Crippen molar-refractivity contribution in [2.45, 2.75) is 58.2 Å². The minimum atomic E-state index is -1.27. The van der Waals surface area contributed by atoms with Crippen LogP contribution in [0.15, 0.2) is 0 Å². The molecule has 2 heterocycles. The number of aromatic nitrogens is 4. The van der Waals surface area contributed by atoms with Crippen molar-refractivity contribution < 1.29 is 42.9 Å². The van der Waals surface area contributed by atoms with E-state index >= 15 is 0 Å². The molecule has 2 rings (SSSR count). The van der Waals surface area contributed by atoms with E-state index in [9.17, 15) is 19.2 Å². The Balaban J connectivity index is 2.45. The molecule has 1 aliphatic heterocycles. The van der Waals surface area contributed by atoms with Gasteiger partial charge in [-0.25, -0.2) is 0 Å². The standard InChI is InChI=1S/C15H20N4O9/c1-6(20)24-5-10-11(25-7(2)21)12(26-8(3)22)13(27-9(4)23)14(28-10)15-16-18-19-17-15/h10-14H,5H2,1-4H3,(H,16,17,18,19)/t10-,11-,12+,13+,14-/m1/s1. The number of hydrogen-bond acceptors (Lipinski definition) is 12. The summed E-state index contributed by atoms with van der Waals surface area (Å²) in [5, 5.41) is 13.3. The number of carbonyl (C=O) groups is 4. The lowest BCUT2D eigenvalue weighted by atomic mass is 9.93. The average molecular weight is 400 g/mol. The minimum absolute atomic E-state index is 0.00231. The zero-order chi connectivity index (χ0) is 20.8. The maximum atomic E-state index is 11.7. The number of nitrogens with one attached hydrogen (secondary N) is 1. The molecular weight excluding hydrogens is 380 g/mol. The van der Waals surface area contributed by atoms with Gasteiger partial charge in [-0.15, -0.1) is 10.2 Å². The first-order valence-electron chi connectivity index (χ1n) is 8.22. The van der Waals surface area contributed by atoms with Crippen molar-refractivity contribution in [1.29, 1.82) is 0 Å². The van der Waals surface area contributed by atoms with Crippen LogP contribution in [-0.4, -0.2) is 75.5 Å². The fourth-order valence-corrected chi connectivity index (χ4v) is 2.73. The number of tetrazole rings is 1. The molecule has 0 aromatic carbocycles. The molecule has 5 atom stereocenters. The third-order valence-electron chi connectivity index (χ3n) is 3.61. The average Bonchev–Trinajstić information content (AvgIpc) is 3.09. The highest BCUT2D eigenvalue weighted by molar-refractivity contribution is 5.68. The normalized spacial score (nSPS) is 26.8. The molecule has 1 N–H and O–H groups in total. The first kappa shape index (κ1) is 21.2. The topological polar surface area (TPSA) is 169 Å². The Morgan fingerprint density at radius 1 is 0.893 bits per heavy atom. The van der Waals surface area contributed by atoms with Gasteiger partial charge in [0.25, 0.3) is 0 Å². The van der Waals surface area contributed by atoms with Gasteiger partial charge in [-0.2, -0.15) is 5.21 Å². The third kappa shape index (κ3) is 5.45. The molecule has 1 saturated heterocycles. The maximum absolute atomic E-state index is 11.7. The molecule has 13 nitrogen and oxygen atoms in total. The fourth-order valence-electron chi connectivity index (χ4n) is 2.73. The van der Waals surface area contributed by atoms with E-state index < -0.39 is 54.4 Å². The first-order valence-corrected chi connectivity index (χ1v) is 8.22. The molecule has 0 amide bonds. The Bertz CT molecular complexity index is 723. The number of hydrogen-bond donors (Lipinski definition) is 1. The second kappa shape index (κ2) is 9.21. The largest absolute Gasteiger partial charge is 0.463 e. The summed E-state index contributed by atoms with van der Waals surface area (Å²) in [5.74, 6) is -2.75. The van der Waals surface area contributed by atoms with E-state index in [1.54, 1.807) is 0 Å². The van der Waals surface area contributed by atoms with Crippen molar-refractivity contribution in [2.75, 3.05) is 6.61 Å². The van der Waals surface area contributed by atoms with Crippen molar-refractivity contribution in [2.24, 2.45) is 0 Å². The summed E-state index contributed by atoms with van der Waals surface area (Å²) in [7, 11) is 0. The smallest absolute Gasteiger partial charge is 0.303 e. The van der Waals surface area contributed by atoms with Crippen LogP contribution in [0, 0.1) is 0 Å². The molecule has 13 heteroatoms. The fraction of sp³-hybridized carbons (Fsp3) is 0.667. The molecular formula is C15H20N4O9. The molecule has 1 aliphatic rings. The van der Waals surface area contributed by atoms with Gasteiger partial charge in [0, 0.05) is 27.7 Å². The molecule has 154 valence electrons. The molecule has 1 aromatic heterocycles. The molecule has 0 saturated carbocycles. The van der Waals surface area contributed by atoms with Gasteiger partial charge < -0.3 is 23.7 Å². The Hall–Kier alpha value is -3.09. The van der Waals surface area contributed by atoms with E-state index in [1.165, 1.54) is 6.92 Å². The summed E-state index contributed by atoms with van der Waals surface area (Å²) in [6.45, 7) is 4.27.